The standard InChI is InChI=1S/C9H16F3NO/c1-6-4-8(13-3,9(10,11)12)5-7(2)14-6/h6-7,13H,4-5H2,1-3H3. The summed E-state index contributed by atoms with van der Waals surface area (Å²) in [6.45, 7) is 3.35. The van der Waals surface area contributed by atoms with Gasteiger partial charge in [-0.15, -0.1) is 0 Å². The Hall–Kier alpha value is -0.290. The molecule has 0 aromatic rings. The second-order valence-corrected chi connectivity index (χ2v) is 4.00. The van der Waals surface area contributed by atoms with Gasteiger partial charge in [-0.25, -0.2) is 0 Å². The number of rotatable bonds is 1. The van der Waals surface area contributed by atoms with E-state index < -0.39 is 11.7 Å². The lowest BCUT2D eigenvalue weighted by molar-refractivity contribution is -0.232. The SMILES string of the molecule is CNC1(C(F)(F)F)CC(C)OC(C)C1. The molecular formula is C9H16F3NO. The number of hydrogen-bond donors (Lipinski definition) is 1. The molecule has 1 rings (SSSR count). The van der Waals surface area contributed by atoms with Gasteiger partial charge in [-0.05, 0) is 20.9 Å². The first kappa shape index (κ1) is 11.8. The molecule has 1 heterocycles. The van der Waals surface area contributed by atoms with Gasteiger partial charge < -0.3 is 10.1 Å². The maximum atomic E-state index is 12.8. The number of halogens is 3. The van der Waals surface area contributed by atoms with Crippen molar-refractivity contribution < 1.29 is 17.9 Å². The molecule has 1 saturated heterocycles. The van der Waals surface area contributed by atoms with Crippen LogP contribution in [0.3, 0.4) is 0 Å². The highest BCUT2D eigenvalue weighted by molar-refractivity contribution is 4.99. The minimum atomic E-state index is -4.21. The van der Waals surface area contributed by atoms with Gasteiger partial charge in [0.05, 0.1) is 12.2 Å². The van der Waals surface area contributed by atoms with Crippen LogP contribution in [-0.2, 0) is 4.74 Å². The van der Waals surface area contributed by atoms with Crippen molar-refractivity contribution in [3.63, 3.8) is 0 Å². The van der Waals surface area contributed by atoms with E-state index in [0.717, 1.165) is 0 Å². The summed E-state index contributed by atoms with van der Waals surface area (Å²) in [5.41, 5.74) is -1.77. The molecule has 14 heavy (non-hydrogen) atoms. The summed E-state index contributed by atoms with van der Waals surface area (Å²) in [6.07, 6.45) is -4.96. The maximum Gasteiger partial charge on any atom is 0.406 e. The van der Waals surface area contributed by atoms with Crippen molar-refractivity contribution in [3.8, 4) is 0 Å². The number of nitrogens with one attached hydrogen (secondary N) is 1. The van der Waals surface area contributed by atoms with Gasteiger partial charge in [0.15, 0.2) is 0 Å². The van der Waals surface area contributed by atoms with Crippen LogP contribution in [0.2, 0.25) is 0 Å². The predicted molar refractivity (Wildman–Crippen MR) is 47.1 cm³/mol. The second-order valence-electron chi connectivity index (χ2n) is 4.00. The van der Waals surface area contributed by atoms with Crippen LogP contribution in [0, 0.1) is 0 Å². The predicted octanol–water partition coefficient (Wildman–Crippen LogP) is 2.09. The molecule has 2 nitrogen and oxygen atoms in total. The molecule has 0 bridgehead atoms. The van der Waals surface area contributed by atoms with Crippen molar-refractivity contribution >= 4 is 0 Å². The molecule has 5 heteroatoms. The van der Waals surface area contributed by atoms with E-state index in [4.69, 9.17) is 4.74 Å². The first-order valence-corrected chi connectivity index (χ1v) is 4.72. The Morgan fingerprint density at radius 1 is 1.21 bits per heavy atom. The fourth-order valence-electron chi connectivity index (χ4n) is 2.13. The van der Waals surface area contributed by atoms with Gasteiger partial charge in [0.2, 0.25) is 0 Å². The Morgan fingerprint density at radius 2 is 1.64 bits per heavy atom. The highest BCUT2D eigenvalue weighted by atomic mass is 19.4. The zero-order valence-electron chi connectivity index (χ0n) is 8.61. The topological polar surface area (TPSA) is 21.3 Å². The fourth-order valence-corrected chi connectivity index (χ4v) is 2.13. The van der Waals surface area contributed by atoms with Crippen molar-refractivity contribution in [1.29, 1.82) is 0 Å². The molecular weight excluding hydrogens is 195 g/mol. The van der Waals surface area contributed by atoms with E-state index >= 15 is 0 Å². The van der Waals surface area contributed by atoms with Gasteiger partial charge in [-0.3, -0.25) is 0 Å². The third-order valence-electron chi connectivity index (χ3n) is 2.76. The van der Waals surface area contributed by atoms with Crippen LogP contribution in [-0.4, -0.2) is 31.0 Å². The first-order chi connectivity index (χ1) is 6.31. The lowest BCUT2D eigenvalue weighted by Crippen LogP contribution is -2.61. The van der Waals surface area contributed by atoms with Gasteiger partial charge in [-0.2, -0.15) is 13.2 Å². The summed E-state index contributed by atoms with van der Waals surface area (Å²) in [6, 6.07) is 0. The van der Waals surface area contributed by atoms with Crippen molar-refractivity contribution in [2.24, 2.45) is 0 Å². The molecule has 0 spiro atoms. The summed E-state index contributed by atoms with van der Waals surface area (Å²) in [4.78, 5) is 0. The van der Waals surface area contributed by atoms with Gasteiger partial charge in [-0.1, -0.05) is 0 Å². The van der Waals surface area contributed by atoms with Crippen molar-refractivity contribution in [3.05, 3.63) is 0 Å². The Kier molecular flexibility index (Phi) is 3.11. The van der Waals surface area contributed by atoms with Crippen LogP contribution in [0.4, 0.5) is 13.2 Å². The molecule has 2 unspecified atom stereocenters. The van der Waals surface area contributed by atoms with Crippen LogP contribution in [0.25, 0.3) is 0 Å². The van der Waals surface area contributed by atoms with Crippen LogP contribution < -0.4 is 5.32 Å². The summed E-state index contributed by atoms with van der Waals surface area (Å²) in [5, 5.41) is 2.41. The van der Waals surface area contributed by atoms with E-state index in [1.807, 2.05) is 0 Å². The van der Waals surface area contributed by atoms with Crippen LogP contribution in [0.5, 0.6) is 0 Å². The zero-order valence-corrected chi connectivity index (χ0v) is 8.61. The molecule has 84 valence electrons. The van der Waals surface area contributed by atoms with Gasteiger partial charge in [0.25, 0.3) is 0 Å². The largest absolute Gasteiger partial charge is 0.406 e. The smallest absolute Gasteiger partial charge is 0.375 e. The van der Waals surface area contributed by atoms with Crippen LogP contribution >= 0.6 is 0 Å². The second kappa shape index (κ2) is 3.70. The summed E-state index contributed by atoms with van der Waals surface area (Å²) < 4.78 is 43.8. The monoisotopic (exact) mass is 211 g/mol. The molecule has 1 aliphatic heterocycles. The summed E-state index contributed by atoms with van der Waals surface area (Å²) in [7, 11) is 1.36. The average molecular weight is 211 g/mol. The number of hydrogen-bond acceptors (Lipinski definition) is 2. The van der Waals surface area contributed by atoms with E-state index in [9.17, 15) is 13.2 Å². The highest BCUT2D eigenvalue weighted by Gasteiger charge is 2.56. The third kappa shape index (κ3) is 2.03. The van der Waals surface area contributed by atoms with E-state index in [2.05, 4.69) is 5.32 Å². The first-order valence-electron chi connectivity index (χ1n) is 4.72. The minimum Gasteiger partial charge on any atom is -0.375 e. The van der Waals surface area contributed by atoms with Crippen LogP contribution in [0.1, 0.15) is 26.7 Å². The Labute approximate surface area is 81.8 Å². The molecule has 0 aromatic carbocycles. The Morgan fingerprint density at radius 3 is 1.93 bits per heavy atom. The van der Waals surface area contributed by atoms with Gasteiger partial charge in [0, 0.05) is 12.8 Å². The lowest BCUT2D eigenvalue weighted by Gasteiger charge is -2.43. The normalized spacial score (nSPS) is 39.9. The molecule has 0 amide bonds. The maximum absolute atomic E-state index is 12.8. The van der Waals surface area contributed by atoms with Crippen molar-refractivity contribution in [2.75, 3.05) is 7.05 Å². The van der Waals surface area contributed by atoms with E-state index in [0.29, 0.717) is 0 Å². The molecule has 0 saturated carbocycles. The zero-order chi connectivity index (χ0) is 11.0. The Balaban J connectivity index is 2.88. The molecule has 0 aliphatic carbocycles. The van der Waals surface area contributed by atoms with E-state index in [-0.39, 0.29) is 25.0 Å². The Bertz CT molecular complexity index is 195. The molecule has 0 aromatic heterocycles. The minimum absolute atomic E-state index is 0.0165. The number of alkyl halides is 3. The fraction of sp³-hybridized carbons (Fsp3) is 1.00. The molecule has 2 atom stereocenters. The van der Waals surface area contributed by atoms with Gasteiger partial charge in [0.1, 0.15) is 5.54 Å². The van der Waals surface area contributed by atoms with Crippen LogP contribution in [0.15, 0.2) is 0 Å². The van der Waals surface area contributed by atoms with Crippen molar-refractivity contribution in [1.82, 2.24) is 5.32 Å². The quantitative estimate of drug-likeness (QED) is 0.717. The van der Waals surface area contributed by atoms with E-state index in [1.165, 1.54) is 7.05 Å². The average Bonchev–Trinajstić information content (AvgIpc) is 2.00. The molecule has 1 aliphatic rings. The third-order valence-corrected chi connectivity index (χ3v) is 2.76. The van der Waals surface area contributed by atoms with Crippen molar-refractivity contribution in [2.45, 2.75) is 50.6 Å². The lowest BCUT2D eigenvalue weighted by atomic mass is 9.83. The number of ether oxygens (including phenoxy) is 1. The molecule has 1 N–H and O–H groups in total. The molecule has 1 fully saturated rings. The van der Waals surface area contributed by atoms with E-state index in [1.54, 1.807) is 13.8 Å². The summed E-state index contributed by atoms with van der Waals surface area (Å²) in [5.74, 6) is 0. The van der Waals surface area contributed by atoms with Gasteiger partial charge >= 0.3 is 6.18 Å². The summed E-state index contributed by atoms with van der Waals surface area (Å²) >= 11 is 0. The highest BCUT2D eigenvalue weighted by Crippen LogP contribution is 2.41. The molecule has 0 radical (unpaired) electrons.